The van der Waals surface area contributed by atoms with Crippen LogP contribution in [0.1, 0.15) is 5.56 Å². The molecule has 1 N–H and O–H groups in total. The van der Waals surface area contributed by atoms with Crippen molar-refractivity contribution in [3.8, 4) is 16.9 Å². The molecule has 0 radical (unpaired) electrons. The van der Waals surface area contributed by atoms with Crippen LogP contribution in [0.15, 0.2) is 48.8 Å². The Kier molecular flexibility index (Phi) is 2.70. The van der Waals surface area contributed by atoms with Gasteiger partial charge >= 0.3 is 0 Å². The van der Waals surface area contributed by atoms with Crippen LogP contribution in [0.2, 0.25) is 0 Å². The van der Waals surface area contributed by atoms with Crippen LogP contribution in [0.25, 0.3) is 16.9 Å². The Hall–Kier alpha value is -2.69. The second-order valence-corrected chi connectivity index (χ2v) is 4.95. The molecule has 0 unspecified atom stereocenters. The van der Waals surface area contributed by atoms with Crippen molar-refractivity contribution in [2.75, 3.05) is 11.9 Å². The zero-order valence-corrected chi connectivity index (χ0v) is 11.3. The summed E-state index contributed by atoms with van der Waals surface area (Å²) in [5.74, 6) is 0.602. The summed E-state index contributed by atoms with van der Waals surface area (Å²) in [6, 6.07) is 10.5. The fourth-order valence-electron chi connectivity index (χ4n) is 2.71. The monoisotopic (exact) mass is 280 g/mol. The number of hydrogen-bond donors (Lipinski definition) is 1. The molecule has 1 aliphatic rings. The summed E-state index contributed by atoms with van der Waals surface area (Å²) in [6.45, 7) is 0.847. The molecule has 5 heteroatoms. The maximum atomic E-state index is 14.1. The number of nitrogens with zero attached hydrogens (tertiary/aromatic N) is 3. The number of hydrogen-bond acceptors (Lipinski definition) is 3. The smallest absolute Gasteiger partial charge is 0.148 e. The van der Waals surface area contributed by atoms with E-state index < -0.39 is 0 Å². The maximum Gasteiger partial charge on any atom is 0.148 e. The van der Waals surface area contributed by atoms with Crippen molar-refractivity contribution in [3.63, 3.8) is 0 Å². The van der Waals surface area contributed by atoms with Crippen molar-refractivity contribution in [2.24, 2.45) is 0 Å². The molecule has 1 aromatic carbocycles. The molecular formula is C16H13FN4. The molecule has 0 amide bonds. The largest absolute Gasteiger partial charge is 0.369 e. The highest BCUT2D eigenvalue weighted by molar-refractivity contribution is 5.72. The third kappa shape index (κ3) is 1.89. The van der Waals surface area contributed by atoms with Crippen LogP contribution >= 0.6 is 0 Å². The first-order chi connectivity index (χ1) is 10.3. The fourth-order valence-corrected chi connectivity index (χ4v) is 2.71. The lowest BCUT2D eigenvalue weighted by Gasteiger charge is -2.07. The molecule has 0 bridgehead atoms. The van der Waals surface area contributed by atoms with Crippen LogP contribution in [0.4, 0.5) is 10.2 Å². The second-order valence-electron chi connectivity index (χ2n) is 4.95. The van der Waals surface area contributed by atoms with E-state index in [1.54, 1.807) is 29.2 Å². The number of benzene rings is 1. The minimum atomic E-state index is -0.280. The Labute approximate surface area is 121 Å². The lowest BCUT2D eigenvalue weighted by Crippen LogP contribution is -2.05. The molecule has 0 atom stereocenters. The molecule has 3 aromatic rings. The average Bonchev–Trinajstić information content (AvgIpc) is 3.11. The molecule has 4 nitrogen and oxygen atoms in total. The van der Waals surface area contributed by atoms with Gasteiger partial charge in [-0.05, 0) is 30.7 Å². The molecule has 0 saturated heterocycles. The van der Waals surface area contributed by atoms with E-state index in [-0.39, 0.29) is 5.82 Å². The number of pyridine rings is 1. The van der Waals surface area contributed by atoms with E-state index in [9.17, 15) is 4.39 Å². The van der Waals surface area contributed by atoms with Crippen molar-refractivity contribution in [3.05, 3.63) is 60.2 Å². The number of nitrogens with one attached hydrogen (secondary N) is 1. The number of aromatic nitrogens is 3. The lowest BCUT2D eigenvalue weighted by molar-refractivity contribution is 0.612. The van der Waals surface area contributed by atoms with Crippen LogP contribution in [0, 0.1) is 5.82 Å². The molecule has 2 aromatic heterocycles. The molecular weight excluding hydrogens is 267 g/mol. The summed E-state index contributed by atoms with van der Waals surface area (Å²) in [5, 5.41) is 7.92. The molecule has 0 spiro atoms. The van der Waals surface area contributed by atoms with Gasteiger partial charge in [0.25, 0.3) is 0 Å². The second kappa shape index (κ2) is 4.70. The maximum absolute atomic E-state index is 14.1. The number of para-hydroxylation sites is 1. The number of anilines is 1. The highest BCUT2D eigenvalue weighted by Gasteiger charge is 2.24. The van der Waals surface area contributed by atoms with Gasteiger partial charge in [0.15, 0.2) is 0 Å². The van der Waals surface area contributed by atoms with Crippen LogP contribution in [0.3, 0.4) is 0 Å². The lowest BCUT2D eigenvalue weighted by atomic mass is 10.1. The Bertz CT molecular complexity index is 795. The van der Waals surface area contributed by atoms with E-state index in [4.69, 9.17) is 0 Å². The van der Waals surface area contributed by atoms with E-state index >= 15 is 0 Å². The SMILES string of the molecule is Fc1ccccc1-n1nc(-c2ccncc2)c2c1NCC2. The average molecular weight is 280 g/mol. The van der Waals surface area contributed by atoms with Gasteiger partial charge in [0.05, 0.1) is 5.69 Å². The summed E-state index contributed by atoms with van der Waals surface area (Å²) in [4.78, 5) is 4.03. The van der Waals surface area contributed by atoms with Gasteiger partial charge in [-0.15, -0.1) is 0 Å². The summed E-state index contributed by atoms with van der Waals surface area (Å²) in [6.07, 6.45) is 4.37. The predicted octanol–water partition coefficient (Wildman–Crippen LogP) is 3.04. The summed E-state index contributed by atoms with van der Waals surface area (Å²) < 4.78 is 15.7. The Morgan fingerprint density at radius 1 is 1.10 bits per heavy atom. The Morgan fingerprint density at radius 3 is 2.71 bits per heavy atom. The quantitative estimate of drug-likeness (QED) is 0.784. The first-order valence-electron chi connectivity index (χ1n) is 6.85. The van der Waals surface area contributed by atoms with E-state index in [1.165, 1.54) is 6.07 Å². The highest BCUT2D eigenvalue weighted by atomic mass is 19.1. The fraction of sp³-hybridized carbons (Fsp3) is 0.125. The van der Waals surface area contributed by atoms with Gasteiger partial charge in [0, 0.05) is 30.1 Å². The molecule has 21 heavy (non-hydrogen) atoms. The van der Waals surface area contributed by atoms with Crippen molar-refractivity contribution in [1.82, 2.24) is 14.8 Å². The van der Waals surface area contributed by atoms with Crippen molar-refractivity contribution < 1.29 is 4.39 Å². The van der Waals surface area contributed by atoms with Crippen molar-refractivity contribution >= 4 is 5.82 Å². The molecule has 4 rings (SSSR count). The van der Waals surface area contributed by atoms with Gasteiger partial charge in [-0.1, -0.05) is 12.1 Å². The topological polar surface area (TPSA) is 42.7 Å². The van der Waals surface area contributed by atoms with E-state index in [0.717, 1.165) is 35.6 Å². The third-order valence-corrected chi connectivity index (χ3v) is 3.69. The number of rotatable bonds is 2. The third-order valence-electron chi connectivity index (χ3n) is 3.69. The van der Waals surface area contributed by atoms with Gasteiger partial charge < -0.3 is 5.32 Å². The van der Waals surface area contributed by atoms with Gasteiger partial charge in [-0.3, -0.25) is 4.98 Å². The van der Waals surface area contributed by atoms with Gasteiger partial charge in [0.2, 0.25) is 0 Å². The van der Waals surface area contributed by atoms with Gasteiger partial charge in [-0.2, -0.15) is 5.10 Å². The molecule has 0 aliphatic carbocycles. The van der Waals surface area contributed by atoms with E-state index in [1.807, 2.05) is 18.2 Å². The van der Waals surface area contributed by atoms with Crippen molar-refractivity contribution in [1.29, 1.82) is 0 Å². The molecule has 0 saturated carbocycles. The van der Waals surface area contributed by atoms with Crippen LogP contribution < -0.4 is 5.32 Å². The highest BCUT2D eigenvalue weighted by Crippen LogP contribution is 2.34. The Morgan fingerprint density at radius 2 is 1.90 bits per heavy atom. The standard InChI is InChI=1S/C16H13FN4/c17-13-3-1-2-4-14(13)21-16-12(7-10-19-16)15(20-21)11-5-8-18-9-6-11/h1-6,8-9,19H,7,10H2. The zero-order valence-electron chi connectivity index (χ0n) is 11.3. The van der Waals surface area contributed by atoms with Gasteiger partial charge in [0.1, 0.15) is 17.3 Å². The minimum Gasteiger partial charge on any atom is -0.369 e. The summed E-state index contributed by atoms with van der Waals surface area (Å²) in [7, 11) is 0. The van der Waals surface area contributed by atoms with Crippen LogP contribution in [0.5, 0.6) is 0 Å². The van der Waals surface area contributed by atoms with E-state index in [0.29, 0.717) is 5.69 Å². The molecule has 3 heterocycles. The first kappa shape index (κ1) is 12.1. The number of halogens is 1. The van der Waals surface area contributed by atoms with Crippen molar-refractivity contribution in [2.45, 2.75) is 6.42 Å². The normalized spacial score (nSPS) is 13.0. The molecule has 104 valence electrons. The number of fused-ring (bicyclic) bond motifs is 1. The predicted molar refractivity (Wildman–Crippen MR) is 78.9 cm³/mol. The Balaban J connectivity index is 1.93. The zero-order chi connectivity index (χ0) is 14.2. The summed E-state index contributed by atoms with van der Waals surface area (Å²) >= 11 is 0. The van der Waals surface area contributed by atoms with E-state index in [2.05, 4.69) is 15.4 Å². The van der Waals surface area contributed by atoms with Crippen LogP contribution in [-0.2, 0) is 6.42 Å². The summed E-state index contributed by atoms with van der Waals surface area (Å²) in [5.41, 5.74) is 3.48. The first-order valence-corrected chi connectivity index (χ1v) is 6.85. The molecule has 1 aliphatic heterocycles. The molecule has 0 fully saturated rings. The minimum absolute atomic E-state index is 0.280. The van der Waals surface area contributed by atoms with Crippen LogP contribution in [-0.4, -0.2) is 21.3 Å². The van der Waals surface area contributed by atoms with Gasteiger partial charge in [-0.25, -0.2) is 9.07 Å².